The predicted octanol–water partition coefficient (Wildman–Crippen LogP) is 3.89. The average molecular weight is 367 g/mol. The Morgan fingerprint density at radius 1 is 1.26 bits per heavy atom. The van der Waals surface area contributed by atoms with Gasteiger partial charge in [-0.15, -0.1) is 0 Å². The minimum atomic E-state index is 0.123. The van der Waals surface area contributed by atoms with Crippen molar-refractivity contribution in [3.05, 3.63) is 59.2 Å². The zero-order chi connectivity index (χ0) is 19.2. The molecule has 1 N–H and O–H groups in total. The van der Waals surface area contributed by atoms with Gasteiger partial charge in [-0.3, -0.25) is 4.79 Å². The third-order valence-corrected chi connectivity index (χ3v) is 5.35. The van der Waals surface area contributed by atoms with E-state index in [0.717, 1.165) is 43.7 Å². The van der Waals surface area contributed by atoms with E-state index in [1.54, 1.807) is 7.11 Å². The van der Waals surface area contributed by atoms with Crippen LogP contribution in [-0.2, 0) is 17.6 Å². The molecule has 27 heavy (non-hydrogen) atoms. The SMILES string of the molecule is COc1ccc(CCC(=O)NCCCN2c3ccccc3CC2C)cc1C. The molecule has 3 rings (SSSR count). The number of methoxy groups -OCH3 is 1. The molecule has 1 heterocycles. The van der Waals surface area contributed by atoms with Crippen molar-refractivity contribution in [1.82, 2.24) is 5.32 Å². The fourth-order valence-electron chi connectivity index (χ4n) is 3.89. The molecule has 2 aromatic rings. The normalized spacial score (nSPS) is 15.5. The van der Waals surface area contributed by atoms with Crippen molar-refractivity contribution in [2.24, 2.45) is 0 Å². The van der Waals surface area contributed by atoms with Gasteiger partial charge in [0.1, 0.15) is 5.75 Å². The van der Waals surface area contributed by atoms with E-state index in [0.29, 0.717) is 12.5 Å². The molecule has 1 aliphatic heterocycles. The summed E-state index contributed by atoms with van der Waals surface area (Å²) in [4.78, 5) is 14.6. The molecule has 0 fully saturated rings. The van der Waals surface area contributed by atoms with Crippen LogP contribution in [-0.4, -0.2) is 32.1 Å². The molecule has 0 radical (unpaired) electrons. The summed E-state index contributed by atoms with van der Waals surface area (Å²) >= 11 is 0. The van der Waals surface area contributed by atoms with E-state index in [9.17, 15) is 4.79 Å². The molecule has 0 aromatic heterocycles. The average Bonchev–Trinajstić information content (AvgIpc) is 2.99. The summed E-state index contributed by atoms with van der Waals surface area (Å²) in [5.74, 6) is 1.01. The zero-order valence-electron chi connectivity index (χ0n) is 16.6. The molecule has 144 valence electrons. The van der Waals surface area contributed by atoms with Crippen molar-refractivity contribution in [2.75, 3.05) is 25.1 Å². The van der Waals surface area contributed by atoms with Gasteiger partial charge in [0.15, 0.2) is 0 Å². The first-order valence-electron chi connectivity index (χ1n) is 9.83. The minimum absolute atomic E-state index is 0.123. The topological polar surface area (TPSA) is 41.6 Å². The minimum Gasteiger partial charge on any atom is -0.496 e. The Kier molecular flexibility index (Phi) is 6.38. The van der Waals surface area contributed by atoms with E-state index in [1.807, 2.05) is 19.1 Å². The van der Waals surface area contributed by atoms with Gasteiger partial charge in [0, 0.05) is 31.2 Å². The highest BCUT2D eigenvalue weighted by molar-refractivity contribution is 5.76. The number of para-hydroxylation sites is 1. The fourth-order valence-corrected chi connectivity index (χ4v) is 3.89. The van der Waals surface area contributed by atoms with Crippen LogP contribution in [0.3, 0.4) is 0 Å². The Balaban J connectivity index is 1.38. The summed E-state index contributed by atoms with van der Waals surface area (Å²) in [7, 11) is 1.68. The van der Waals surface area contributed by atoms with Gasteiger partial charge in [0.25, 0.3) is 0 Å². The number of amides is 1. The quantitative estimate of drug-likeness (QED) is 0.721. The molecular weight excluding hydrogens is 336 g/mol. The summed E-state index contributed by atoms with van der Waals surface area (Å²) in [6.07, 6.45) is 3.36. The van der Waals surface area contributed by atoms with Crippen LogP contribution in [0.15, 0.2) is 42.5 Å². The second-order valence-corrected chi connectivity index (χ2v) is 7.38. The van der Waals surface area contributed by atoms with E-state index >= 15 is 0 Å². The summed E-state index contributed by atoms with van der Waals surface area (Å²) in [5.41, 5.74) is 5.07. The lowest BCUT2D eigenvalue weighted by Crippen LogP contribution is -2.33. The van der Waals surface area contributed by atoms with Gasteiger partial charge in [0.05, 0.1) is 7.11 Å². The highest BCUT2D eigenvalue weighted by atomic mass is 16.5. The number of anilines is 1. The van der Waals surface area contributed by atoms with E-state index in [-0.39, 0.29) is 5.91 Å². The molecule has 0 bridgehead atoms. The maximum Gasteiger partial charge on any atom is 0.220 e. The van der Waals surface area contributed by atoms with Gasteiger partial charge >= 0.3 is 0 Å². The number of rotatable bonds is 8. The van der Waals surface area contributed by atoms with Crippen molar-refractivity contribution in [1.29, 1.82) is 0 Å². The van der Waals surface area contributed by atoms with Gasteiger partial charge in [0.2, 0.25) is 5.91 Å². The molecule has 1 unspecified atom stereocenters. The van der Waals surface area contributed by atoms with Gasteiger partial charge in [-0.05, 0) is 61.9 Å². The lowest BCUT2D eigenvalue weighted by Gasteiger charge is -2.24. The lowest BCUT2D eigenvalue weighted by molar-refractivity contribution is -0.121. The Bertz CT molecular complexity index is 788. The summed E-state index contributed by atoms with van der Waals surface area (Å²) < 4.78 is 5.28. The number of nitrogens with zero attached hydrogens (tertiary/aromatic N) is 1. The van der Waals surface area contributed by atoms with Crippen molar-refractivity contribution in [3.8, 4) is 5.75 Å². The van der Waals surface area contributed by atoms with Crippen molar-refractivity contribution < 1.29 is 9.53 Å². The van der Waals surface area contributed by atoms with Crippen molar-refractivity contribution >= 4 is 11.6 Å². The first-order chi connectivity index (χ1) is 13.1. The summed E-state index contributed by atoms with van der Waals surface area (Å²) in [6.45, 7) is 6.01. The van der Waals surface area contributed by atoms with Crippen molar-refractivity contribution in [2.45, 2.75) is 45.6 Å². The molecule has 4 nitrogen and oxygen atoms in total. The highest BCUT2D eigenvalue weighted by Gasteiger charge is 2.24. The van der Waals surface area contributed by atoms with E-state index in [1.165, 1.54) is 16.8 Å². The predicted molar refractivity (Wildman–Crippen MR) is 111 cm³/mol. The van der Waals surface area contributed by atoms with Crippen molar-refractivity contribution in [3.63, 3.8) is 0 Å². The molecule has 1 aliphatic rings. The zero-order valence-corrected chi connectivity index (χ0v) is 16.6. The Hall–Kier alpha value is -2.49. The number of nitrogens with one attached hydrogen (secondary N) is 1. The van der Waals surface area contributed by atoms with E-state index in [2.05, 4.69) is 47.5 Å². The monoisotopic (exact) mass is 366 g/mol. The largest absolute Gasteiger partial charge is 0.496 e. The molecule has 1 atom stereocenters. The van der Waals surface area contributed by atoms with Crippen LogP contribution in [0, 0.1) is 6.92 Å². The fraction of sp³-hybridized carbons (Fsp3) is 0.435. The maximum absolute atomic E-state index is 12.1. The molecule has 0 aliphatic carbocycles. The molecule has 0 saturated carbocycles. The number of fused-ring (bicyclic) bond motifs is 1. The van der Waals surface area contributed by atoms with Crippen LogP contribution in [0.4, 0.5) is 5.69 Å². The Labute approximate surface area is 162 Å². The van der Waals surface area contributed by atoms with Gasteiger partial charge in [-0.1, -0.05) is 30.3 Å². The number of ether oxygens (including phenoxy) is 1. The molecule has 2 aromatic carbocycles. The number of hydrogen-bond donors (Lipinski definition) is 1. The number of carbonyl (C=O) groups excluding carboxylic acids is 1. The van der Waals surface area contributed by atoms with Crippen LogP contribution in [0.2, 0.25) is 0 Å². The smallest absolute Gasteiger partial charge is 0.220 e. The number of hydrogen-bond acceptors (Lipinski definition) is 3. The molecule has 0 saturated heterocycles. The Morgan fingerprint density at radius 3 is 2.85 bits per heavy atom. The van der Waals surface area contributed by atoms with Crippen LogP contribution in [0.5, 0.6) is 5.75 Å². The molecule has 4 heteroatoms. The van der Waals surface area contributed by atoms with Gasteiger partial charge in [-0.2, -0.15) is 0 Å². The number of aryl methyl sites for hydroxylation is 2. The summed E-state index contributed by atoms with van der Waals surface area (Å²) in [5, 5.41) is 3.06. The third kappa shape index (κ3) is 4.82. The number of carbonyl (C=O) groups is 1. The van der Waals surface area contributed by atoms with E-state index in [4.69, 9.17) is 4.74 Å². The van der Waals surface area contributed by atoms with Crippen LogP contribution in [0.25, 0.3) is 0 Å². The van der Waals surface area contributed by atoms with Crippen LogP contribution in [0.1, 0.15) is 36.5 Å². The van der Waals surface area contributed by atoms with Crippen LogP contribution < -0.4 is 15.0 Å². The highest BCUT2D eigenvalue weighted by Crippen LogP contribution is 2.31. The standard InChI is InChI=1S/C23H30N2O2/c1-17-15-19(9-11-22(17)27-3)10-12-23(26)24-13-6-14-25-18(2)16-20-7-4-5-8-21(20)25/h4-5,7-9,11,15,18H,6,10,12-14,16H2,1-3H3,(H,24,26). The number of benzene rings is 2. The molecule has 0 spiro atoms. The van der Waals surface area contributed by atoms with E-state index < -0.39 is 0 Å². The molecule has 1 amide bonds. The second kappa shape index (κ2) is 8.94. The summed E-state index contributed by atoms with van der Waals surface area (Å²) in [6, 6.07) is 15.3. The van der Waals surface area contributed by atoms with Gasteiger partial charge in [-0.25, -0.2) is 0 Å². The molecular formula is C23H30N2O2. The third-order valence-electron chi connectivity index (χ3n) is 5.35. The lowest BCUT2D eigenvalue weighted by atomic mass is 10.1. The second-order valence-electron chi connectivity index (χ2n) is 7.38. The first kappa shape index (κ1) is 19.3. The van der Waals surface area contributed by atoms with Gasteiger partial charge < -0.3 is 15.0 Å². The van der Waals surface area contributed by atoms with Crippen LogP contribution >= 0.6 is 0 Å². The maximum atomic E-state index is 12.1. The Morgan fingerprint density at radius 2 is 2.07 bits per heavy atom. The first-order valence-corrected chi connectivity index (χ1v) is 9.83.